The van der Waals surface area contributed by atoms with Gasteiger partial charge in [-0.2, -0.15) is 0 Å². The van der Waals surface area contributed by atoms with Crippen LogP contribution in [0.15, 0.2) is 18.2 Å². The molecule has 3 fully saturated rings. The highest BCUT2D eigenvalue weighted by Gasteiger charge is 2.45. The number of amides is 3. The van der Waals surface area contributed by atoms with E-state index in [9.17, 15) is 24.3 Å². The van der Waals surface area contributed by atoms with Crippen molar-refractivity contribution in [2.24, 2.45) is 11.8 Å². The van der Waals surface area contributed by atoms with E-state index in [0.29, 0.717) is 5.02 Å². The molecule has 8 nitrogen and oxygen atoms in total. The number of carboxylic acid groups (broad SMARTS) is 1. The molecule has 1 aromatic carbocycles. The summed E-state index contributed by atoms with van der Waals surface area (Å²) in [4.78, 5) is 55.5. The third-order valence-electron chi connectivity index (χ3n) is 8.01. The lowest BCUT2D eigenvalue weighted by molar-refractivity contribution is -0.146. The van der Waals surface area contributed by atoms with Crippen molar-refractivity contribution in [3.05, 3.63) is 33.8 Å². The molecule has 0 aromatic heterocycles. The van der Waals surface area contributed by atoms with E-state index in [1.807, 2.05) is 0 Å². The Balaban J connectivity index is 1.60. The first-order chi connectivity index (χ1) is 17.8. The van der Waals surface area contributed by atoms with E-state index in [2.05, 4.69) is 5.32 Å². The Morgan fingerprint density at radius 1 is 0.892 bits per heavy atom. The maximum atomic E-state index is 13.8. The van der Waals surface area contributed by atoms with E-state index in [1.165, 1.54) is 21.9 Å². The molecule has 4 rings (SSSR count). The average molecular weight is 552 g/mol. The van der Waals surface area contributed by atoms with E-state index in [-0.39, 0.29) is 47.8 Å². The third kappa shape index (κ3) is 6.58. The van der Waals surface area contributed by atoms with E-state index < -0.39 is 30.0 Å². The van der Waals surface area contributed by atoms with Crippen LogP contribution in [0.4, 0.5) is 0 Å². The smallest absolute Gasteiger partial charge is 0.305 e. The van der Waals surface area contributed by atoms with Crippen LogP contribution in [-0.4, -0.2) is 63.9 Å². The molecule has 2 aliphatic carbocycles. The zero-order valence-corrected chi connectivity index (χ0v) is 22.5. The standard InChI is InChI=1S/C27H35Cl2N3O5/c28-20-12-11-19(15-21(20)29)27(37)32-14-13-31(26(36)18-9-5-2-6-10-18)25(32)24(35)30-22(16-23(33)34)17-7-3-1-4-8-17/h11-12,15,17-18,22,25H,1-10,13-14,16H2,(H,30,35)(H,33,34). The topological polar surface area (TPSA) is 107 Å². The molecule has 3 amide bonds. The van der Waals surface area contributed by atoms with Crippen molar-refractivity contribution in [1.29, 1.82) is 0 Å². The number of carbonyl (C=O) groups is 4. The molecule has 1 aliphatic heterocycles. The van der Waals surface area contributed by atoms with E-state index >= 15 is 0 Å². The second-order valence-electron chi connectivity index (χ2n) is 10.5. The second-order valence-corrected chi connectivity index (χ2v) is 11.3. The van der Waals surface area contributed by atoms with Gasteiger partial charge in [-0.15, -0.1) is 0 Å². The lowest BCUT2D eigenvalue weighted by atomic mass is 9.82. The molecule has 0 bridgehead atoms. The van der Waals surface area contributed by atoms with Crippen molar-refractivity contribution >= 4 is 46.9 Å². The summed E-state index contributed by atoms with van der Waals surface area (Å²) in [7, 11) is 0. The van der Waals surface area contributed by atoms with Gasteiger partial charge >= 0.3 is 5.97 Å². The van der Waals surface area contributed by atoms with Gasteiger partial charge in [0.15, 0.2) is 6.17 Å². The number of hydrogen-bond acceptors (Lipinski definition) is 4. The highest BCUT2D eigenvalue weighted by Crippen LogP contribution is 2.31. The Hall–Kier alpha value is -2.32. The quantitative estimate of drug-likeness (QED) is 0.509. The molecule has 202 valence electrons. The maximum Gasteiger partial charge on any atom is 0.305 e. The normalized spacial score (nSPS) is 22.1. The molecule has 1 aromatic rings. The van der Waals surface area contributed by atoms with Crippen molar-refractivity contribution in [3.63, 3.8) is 0 Å². The number of carbonyl (C=O) groups excluding carboxylic acids is 3. The van der Waals surface area contributed by atoms with E-state index in [0.717, 1.165) is 64.2 Å². The van der Waals surface area contributed by atoms with Gasteiger partial charge in [-0.1, -0.05) is 61.7 Å². The van der Waals surface area contributed by atoms with Gasteiger partial charge in [0.05, 0.1) is 16.5 Å². The van der Waals surface area contributed by atoms with Gasteiger partial charge in [0.25, 0.3) is 11.8 Å². The van der Waals surface area contributed by atoms with Crippen LogP contribution in [0.25, 0.3) is 0 Å². The molecule has 2 unspecified atom stereocenters. The van der Waals surface area contributed by atoms with Crippen LogP contribution >= 0.6 is 23.2 Å². The van der Waals surface area contributed by atoms with Gasteiger partial charge in [-0.3, -0.25) is 19.2 Å². The molecule has 0 spiro atoms. The Bertz CT molecular complexity index is 1020. The molecule has 37 heavy (non-hydrogen) atoms. The molecular formula is C27H35Cl2N3O5. The van der Waals surface area contributed by atoms with E-state index in [4.69, 9.17) is 23.2 Å². The SMILES string of the molecule is O=C(O)CC(NC(=O)C1N(C(=O)c2ccc(Cl)c(Cl)c2)CCN1C(=O)C1CCCCC1)C1CCCCC1. The Morgan fingerprint density at radius 3 is 2.14 bits per heavy atom. The number of halogens is 2. The van der Waals surface area contributed by atoms with Gasteiger partial charge in [-0.25, -0.2) is 0 Å². The summed E-state index contributed by atoms with van der Waals surface area (Å²) < 4.78 is 0. The maximum absolute atomic E-state index is 13.8. The zero-order chi connectivity index (χ0) is 26.5. The third-order valence-corrected chi connectivity index (χ3v) is 8.75. The van der Waals surface area contributed by atoms with Crippen molar-refractivity contribution in [2.45, 2.75) is 82.8 Å². The molecule has 2 atom stereocenters. The van der Waals surface area contributed by atoms with Crippen molar-refractivity contribution in [2.75, 3.05) is 13.1 Å². The largest absolute Gasteiger partial charge is 0.481 e. The molecule has 1 saturated heterocycles. The van der Waals surface area contributed by atoms with Crippen LogP contribution in [-0.2, 0) is 14.4 Å². The summed E-state index contributed by atoms with van der Waals surface area (Å²) in [5, 5.41) is 13.0. The van der Waals surface area contributed by atoms with Gasteiger partial charge in [0.2, 0.25) is 5.91 Å². The molecule has 2 N–H and O–H groups in total. The Labute approximate surface area is 227 Å². The van der Waals surface area contributed by atoms with E-state index in [1.54, 1.807) is 6.07 Å². The van der Waals surface area contributed by atoms with Crippen LogP contribution < -0.4 is 5.32 Å². The van der Waals surface area contributed by atoms with Gasteiger partial charge in [0.1, 0.15) is 0 Å². The minimum Gasteiger partial charge on any atom is -0.481 e. The zero-order valence-electron chi connectivity index (χ0n) is 21.0. The summed E-state index contributed by atoms with van der Waals surface area (Å²) in [5.41, 5.74) is 0.272. The van der Waals surface area contributed by atoms with Gasteiger partial charge in [0, 0.05) is 30.6 Å². The first kappa shape index (κ1) is 27.7. The highest BCUT2D eigenvalue weighted by atomic mass is 35.5. The average Bonchev–Trinajstić information content (AvgIpc) is 3.35. The summed E-state index contributed by atoms with van der Waals surface area (Å²) >= 11 is 12.2. The molecule has 0 radical (unpaired) electrons. The number of benzene rings is 1. The van der Waals surface area contributed by atoms with Crippen molar-refractivity contribution < 1.29 is 24.3 Å². The Morgan fingerprint density at radius 2 is 1.51 bits per heavy atom. The second kappa shape index (κ2) is 12.5. The number of nitrogens with zero attached hydrogens (tertiary/aromatic N) is 2. The summed E-state index contributed by atoms with van der Waals surface area (Å²) in [6.45, 7) is 0.441. The minimum atomic E-state index is -1.14. The highest BCUT2D eigenvalue weighted by molar-refractivity contribution is 6.42. The number of hydrogen-bond donors (Lipinski definition) is 2. The van der Waals surface area contributed by atoms with Crippen molar-refractivity contribution in [1.82, 2.24) is 15.1 Å². The Kier molecular flexibility index (Phi) is 9.35. The van der Waals surface area contributed by atoms with Gasteiger partial charge in [-0.05, 0) is 49.8 Å². The number of carboxylic acids is 1. The molecule has 1 heterocycles. The fraction of sp³-hybridized carbons (Fsp3) is 0.630. The molecule has 3 aliphatic rings. The molecular weight excluding hydrogens is 517 g/mol. The fourth-order valence-corrected chi connectivity index (χ4v) is 6.35. The minimum absolute atomic E-state index is 0.0527. The predicted molar refractivity (Wildman–Crippen MR) is 140 cm³/mol. The number of aliphatic carboxylic acids is 1. The van der Waals surface area contributed by atoms with Crippen molar-refractivity contribution in [3.8, 4) is 0 Å². The molecule has 2 saturated carbocycles. The van der Waals surface area contributed by atoms with Crippen LogP contribution in [0.1, 0.15) is 81.0 Å². The summed E-state index contributed by atoms with van der Waals surface area (Å²) in [5.74, 6) is -2.15. The number of nitrogens with one attached hydrogen (secondary N) is 1. The number of rotatable bonds is 7. The lowest BCUT2D eigenvalue weighted by Crippen LogP contribution is -2.57. The fourth-order valence-electron chi connectivity index (χ4n) is 6.05. The predicted octanol–water partition coefficient (Wildman–Crippen LogP) is 4.72. The van der Waals surface area contributed by atoms with Crippen LogP contribution in [0.2, 0.25) is 10.0 Å². The van der Waals surface area contributed by atoms with Crippen LogP contribution in [0, 0.1) is 11.8 Å². The monoisotopic (exact) mass is 551 g/mol. The lowest BCUT2D eigenvalue weighted by Gasteiger charge is -2.35. The first-order valence-corrected chi connectivity index (χ1v) is 14.1. The first-order valence-electron chi connectivity index (χ1n) is 13.3. The van der Waals surface area contributed by atoms with Crippen LogP contribution in [0.5, 0.6) is 0 Å². The molecule has 10 heteroatoms. The summed E-state index contributed by atoms with van der Waals surface area (Å²) in [6, 6.07) is 3.98. The van der Waals surface area contributed by atoms with Crippen LogP contribution in [0.3, 0.4) is 0 Å². The van der Waals surface area contributed by atoms with Gasteiger partial charge < -0.3 is 20.2 Å². The summed E-state index contributed by atoms with van der Waals surface area (Å²) in [6.07, 6.45) is 8.02.